The van der Waals surface area contributed by atoms with Gasteiger partial charge in [-0.05, 0) is 35.2 Å². The SMILES string of the molecule is O=C(OCCC#CB1Nc2cccc3cccc(c23)N1Cc1ccccc1)c1ccccc1. The molecule has 4 aromatic rings. The van der Waals surface area contributed by atoms with Crippen molar-refractivity contribution in [2.24, 2.45) is 0 Å². The first kappa shape index (κ1) is 20.7. The van der Waals surface area contributed by atoms with E-state index in [-0.39, 0.29) is 19.6 Å². The van der Waals surface area contributed by atoms with E-state index in [1.165, 1.54) is 22.0 Å². The molecule has 4 aromatic carbocycles. The number of anilines is 2. The van der Waals surface area contributed by atoms with Gasteiger partial charge in [0, 0.05) is 29.7 Å². The van der Waals surface area contributed by atoms with Gasteiger partial charge in [0.2, 0.25) is 0 Å². The summed E-state index contributed by atoms with van der Waals surface area (Å²) < 4.78 is 5.37. The molecule has 0 aliphatic carbocycles. The molecule has 0 aromatic heterocycles. The number of esters is 1. The molecular formula is C28H23BN2O2. The lowest BCUT2D eigenvalue weighted by molar-refractivity contribution is 0.0513. The van der Waals surface area contributed by atoms with Crippen molar-refractivity contribution in [1.82, 2.24) is 0 Å². The minimum Gasteiger partial charge on any atom is -0.461 e. The summed E-state index contributed by atoms with van der Waals surface area (Å²) in [6.07, 6.45) is 0.474. The highest BCUT2D eigenvalue weighted by atomic mass is 16.5. The van der Waals surface area contributed by atoms with E-state index < -0.39 is 0 Å². The summed E-state index contributed by atoms with van der Waals surface area (Å²) in [5.41, 5.74) is 4.03. The quantitative estimate of drug-likeness (QED) is 0.195. The average molecular weight is 430 g/mol. The van der Waals surface area contributed by atoms with Gasteiger partial charge in [0.25, 0.3) is 0 Å². The van der Waals surface area contributed by atoms with Crippen molar-refractivity contribution in [2.75, 3.05) is 16.6 Å². The van der Waals surface area contributed by atoms with Crippen LogP contribution in [-0.2, 0) is 11.3 Å². The Morgan fingerprint density at radius 1 is 0.879 bits per heavy atom. The lowest BCUT2D eigenvalue weighted by Crippen LogP contribution is -2.47. The maximum atomic E-state index is 12.1. The number of hydrogen-bond acceptors (Lipinski definition) is 4. The summed E-state index contributed by atoms with van der Waals surface area (Å²) in [5.74, 6) is 6.25. The van der Waals surface area contributed by atoms with Crippen LogP contribution in [0.5, 0.6) is 0 Å². The van der Waals surface area contributed by atoms with Gasteiger partial charge in [-0.2, -0.15) is 0 Å². The fourth-order valence-corrected chi connectivity index (χ4v) is 4.14. The van der Waals surface area contributed by atoms with Crippen molar-refractivity contribution in [3.05, 3.63) is 108 Å². The van der Waals surface area contributed by atoms with E-state index in [4.69, 9.17) is 4.74 Å². The van der Waals surface area contributed by atoms with E-state index >= 15 is 0 Å². The van der Waals surface area contributed by atoms with Crippen LogP contribution in [0.25, 0.3) is 10.8 Å². The second kappa shape index (κ2) is 9.54. The fourth-order valence-electron chi connectivity index (χ4n) is 4.14. The normalized spacial score (nSPS) is 12.0. The molecule has 5 rings (SSSR count). The molecule has 0 amide bonds. The Morgan fingerprint density at radius 2 is 1.61 bits per heavy atom. The van der Waals surface area contributed by atoms with Crippen LogP contribution < -0.4 is 10.0 Å². The molecule has 1 aliphatic heterocycles. The summed E-state index contributed by atoms with van der Waals surface area (Å²) in [7, 11) is 0. The van der Waals surface area contributed by atoms with Gasteiger partial charge in [0.1, 0.15) is 6.61 Å². The molecule has 0 fully saturated rings. The van der Waals surface area contributed by atoms with Crippen molar-refractivity contribution in [3.8, 4) is 11.7 Å². The Bertz CT molecular complexity index is 1320. The van der Waals surface area contributed by atoms with E-state index in [2.05, 4.69) is 82.4 Å². The van der Waals surface area contributed by atoms with Gasteiger partial charge in [-0.1, -0.05) is 78.6 Å². The largest absolute Gasteiger partial charge is 0.463 e. The van der Waals surface area contributed by atoms with Crippen molar-refractivity contribution in [2.45, 2.75) is 13.0 Å². The zero-order chi connectivity index (χ0) is 22.5. The van der Waals surface area contributed by atoms with Crippen molar-refractivity contribution >= 4 is 35.1 Å². The summed E-state index contributed by atoms with van der Waals surface area (Å²) in [6, 6.07) is 32.1. The van der Waals surface area contributed by atoms with E-state index in [1.54, 1.807) is 12.1 Å². The summed E-state index contributed by atoms with van der Waals surface area (Å²) in [5, 5.41) is 6.02. The molecule has 160 valence electrons. The molecule has 0 bridgehead atoms. The number of nitrogens with zero attached hydrogens (tertiary/aromatic N) is 1. The monoisotopic (exact) mass is 430 g/mol. The predicted molar refractivity (Wildman–Crippen MR) is 135 cm³/mol. The average Bonchev–Trinajstić information content (AvgIpc) is 2.87. The lowest BCUT2D eigenvalue weighted by Gasteiger charge is -2.35. The van der Waals surface area contributed by atoms with Crippen molar-refractivity contribution in [3.63, 3.8) is 0 Å². The highest BCUT2D eigenvalue weighted by Gasteiger charge is 2.30. The zero-order valence-electron chi connectivity index (χ0n) is 18.2. The predicted octanol–water partition coefficient (Wildman–Crippen LogP) is 5.55. The van der Waals surface area contributed by atoms with Gasteiger partial charge in [0.05, 0.1) is 5.56 Å². The van der Waals surface area contributed by atoms with E-state index in [0.717, 1.165) is 12.2 Å². The molecule has 1 aliphatic rings. The first-order valence-corrected chi connectivity index (χ1v) is 11.1. The second-order valence-electron chi connectivity index (χ2n) is 7.91. The third-order valence-corrected chi connectivity index (χ3v) is 5.70. The molecule has 4 nitrogen and oxygen atoms in total. The molecule has 0 saturated heterocycles. The maximum Gasteiger partial charge on any atom is 0.463 e. The number of carbonyl (C=O) groups is 1. The topological polar surface area (TPSA) is 41.6 Å². The summed E-state index contributed by atoms with van der Waals surface area (Å²) in [6.45, 7) is 0.817. The standard InChI is InChI=1S/C28H23BN2O2/c32-28(24-13-5-2-6-14-24)33-20-8-7-19-29-30-25-17-9-15-23-16-10-18-26(27(23)25)31(29)21-22-11-3-1-4-12-22/h1-6,9-18,30H,8,20-21H2. The molecular weight excluding hydrogens is 407 g/mol. The smallest absolute Gasteiger partial charge is 0.461 e. The van der Waals surface area contributed by atoms with Gasteiger partial charge < -0.3 is 14.8 Å². The lowest BCUT2D eigenvalue weighted by atomic mass is 9.71. The van der Waals surface area contributed by atoms with Gasteiger partial charge in [-0.3, -0.25) is 0 Å². The Hall–Kier alpha value is -4.17. The Morgan fingerprint density at radius 3 is 2.39 bits per heavy atom. The second-order valence-corrected chi connectivity index (χ2v) is 7.91. The molecule has 5 heteroatoms. The van der Waals surface area contributed by atoms with Crippen LogP contribution in [0, 0.1) is 11.7 Å². The number of nitrogens with one attached hydrogen (secondary N) is 1. The first-order valence-electron chi connectivity index (χ1n) is 11.1. The number of benzene rings is 4. The van der Waals surface area contributed by atoms with Crippen LogP contribution in [0.1, 0.15) is 22.3 Å². The Balaban J connectivity index is 1.34. The van der Waals surface area contributed by atoms with Crippen LogP contribution in [-0.4, -0.2) is 19.6 Å². The van der Waals surface area contributed by atoms with Crippen LogP contribution in [0.4, 0.5) is 11.4 Å². The Kier molecular flexibility index (Phi) is 5.99. The van der Waals surface area contributed by atoms with Gasteiger partial charge >= 0.3 is 13.0 Å². The number of rotatable bonds is 5. The maximum absolute atomic E-state index is 12.1. The van der Waals surface area contributed by atoms with E-state index in [0.29, 0.717) is 12.0 Å². The summed E-state index contributed by atoms with van der Waals surface area (Å²) >= 11 is 0. The van der Waals surface area contributed by atoms with Gasteiger partial charge in [0.15, 0.2) is 0 Å². The number of ether oxygens (including phenoxy) is 1. The van der Waals surface area contributed by atoms with E-state index in [9.17, 15) is 4.79 Å². The molecule has 0 saturated carbocycles. The van der Waals surface area contributed by atoms with E-state index in [1.807, 2.05) is 24.3 Å². The molecule has 0 radical (unpaired) electrons. The van der Waals surface area contributed by atoms with Crippen LogP contribution in [0.3, 0.4) is 0 Å². The zero-order valence-corrected chi connectivity index (χ0v) is 18.2. The molecule has 0 atom stereocenters. The summed E-state index contributed by atoms with van der Waals surface area (Å²) in [4.78, 5) is 14.4. The molecule has 0 unspecified atom stereocenters. The number of hydrogen-bond donors (Lipinski definition) is 1. The third kappa shape index (κ3) is 4.56. The third-order valence-electron chi connectivity index (χ3n) is 5.70. The van der Waals surface area contributed by atoms with Crippen molar-refractivity contribution < 1.29 is 9.53 Å². The highest BCUT2D eigenvalue weighted by molar-refractivity contribution is 6.75. The van der Waals surface area contributed by atoms with Gasteiger partial charge in [-0.15, -0.1) is 5.92 Å². The minimum atomic E-state index is -0.320. The van der Waals surface area contributed by atoms with Crippen LogP contribution in [0.15, 0.2) is 97.1 Å². The number of carbonyl (C=O) groups excluding carboxylic acids is 1. The first-order chi connectivity index (χ1) is 16.3. The fraction of sp³-hybridized carbons (Fsp3) is 0.107. The Labute approximate surface area is 194 Å². The molecule has 1 N–H and O–H groups in total. The molecule has 0 spiro atoms. The minimum absolute atomic E-state index is 0.185. The van der Waals surface area contributed by atoms with Crippen molar-refractivity contribution in [1.29, 1.82) is 0 Å². The van der Waals surface area contributed by atoms with Crippen LogP contribution >= 0.6 is 0 Å². The molecule has 1 heterocycles. The van der Waals surface area contributed by atoms with Crippen LogP contribution in [0.2, 0.25) is 0 Å². The molecule has 33 heavy (non-hydrogen) atoms. The highest BCUT2D eigenvalue weighted by Crippen LogP contribution is 2.37. The van der Waals surface area contributed by atoms with Gasteiger partial charge in [-0.25, -0.2) is 4.79 Å².